The normalized spacial score (nSPS) is 11.2. The molecule has 3 rings (SSSR count). The first kappa shape index (κ1) is 19.1. The van der Waals surface area contributed by atoms with Crippen molar-refractivity contribution in [2.24, 2.45) is 5.10 Å². The molecule has 2 amide bonds. The SMILES string of the molecule is CC(=NNC(=O)c1ccc(C)c(C)c1)c1cccc(NC(=O)c2ccco2)c1. The van der Waals surface area contributed by atoms with Gasteiger partial charge in [0, 0.05) is 11.3 Å². The fourth-order valence-electron chi connectivity index (χ4n) is 2.57. The summed E-state index contributed by atoms with van der Waals surface area (Å²) in [5.41, 5.74) is 7.30. The molecule has 2 aromatic carbocycles. The van der Waals surface area contributed by atoms with Crippen LogP contribution in [0, 0.1) is 13.8 Å². The van der Waals surface area contributed by atoms with Crippen molar-refractivity contribution in [2.75, 3.05) is 5.32 Å². The van der Waals surface area contributed by atoms with Gasteiger partial charge < -0.3 is 9.73 Å². The van der Waals surface area contributed by atoms with Crippen molar-refractivity contribution in [3.8, 4) is 0 Å². The Morgan fingerprint density at radius 3 is 2.43 bits per heavy atom. The smallest absolute Gasteiger partial charge is 0.291 e. The van der Waals surface area contributed by atoms with Crippen molar-refractivity contribution in [1.29, 1.82) is 0 Å². The van der Waals surface area contributed by atoms with E-state index in [1.165, 1.54) is 6.26 Å². The number of hydrazone groups is 1. The van der Waals surface area contributed by atoms with E-state index in [0.717, 1.165) is 16.7 Å². The second-order valence-corrected chi connectivity index (χ2v) is 6.45. The standard InChI is InChI=1S/C22H21N3O3/c1-14-9-10-18(12-15(14)2)21(26)25-24-16(3)17-6-4-7-19(13-17)23-22(27)20-8-5-11-28-20/h4-13H,1-3H3,(H,23,27)(H,25,26). The van der Waals surface area contributed by atoms with E-state index < -0.39 is 0 Å². The fraction of sp³-hybridized carbons (Fsp3) is 0.136. The third-order valence-corrected chi connectivity index (χ3v) is 4.38. The van der Waals surface area contributed by atoms with E-state index in [1.807, 2.05) is 32.0 Å². The first-order valence-corrected chi connectivity index (χ1v) is 8.81. The van der Waals surface area contributed by atoms with Gasteiger partial charge in [-0.2, -0.15) is 5.10 Å². The molecule has 0 fully saturated rings. The molecule has 1 heterocycles. The summed E-state index contributed by atoms with van der Waals surface area (Å²) >= 11 is 0. The van der Waals surface area contributed by atoms with E-state index in [2.05, 4.69) is 15.8 Å². The Morgan fingerprint density at radius 1 is 0.893 bits per heavy atom. The van der Waals surface area contributed by atoms with E-state index in [9.17, 15) is 9.59 Å². The van der Waals surface area contributed by atoms with Crippen LogP contribution in [0.15, 0.2) is 70.4 Å². The molecular weight excluding hydrogens is 354 g/mol. The van der Waals surface area contributed by atoms with Gasteiger partial charge in [-0.1, -0.05) is 18.2 Å². The molecule has 0 radical (unpaired) electrons. The summed E-state index contributed by atoms with van der Waals surface area (Å²) in [6.07, 6.45) is 1.44. The molecule has 0 spiro atoms. The molecule has 0 bridgehead atoms. The Morgan fingerprint density at radius 2 is 1.71 bits per heavy atom. The van der Waals surface area contributed by atoms with Gasteiger partial charge in [-0.15, -0.1) is 0 Å². The second-order valence-electron chi connectivity index (χ2n) is 6.45. The van der Waals surface area contributed by atoms with Crippen molar-refractivity contribution < 1.29 is 14.0 Å². The number of furan rings is 1. The average Bonchev–Trinajstić information content (AvgIpc) is 3.23. The van der Waals surface area contributed by atoms with Gasteiger partial charge >= 0.3 is 0 Å². The molecule has 0 saturated carbocycles. The number of rotatable bonds is 5. The van der Waals surface area contributed by atoms with Crippen LogP contribution in [0.1, 0.15) is 44.5 Å². The molecule has 0 unspecified atom stereocenters. The zero-order valence-corrected chi connectivity index (χ0v) is 15.9. The highest BCUT2D eigenvalue weighted by atomic mass is 16.3. The first-order chi connectivity index (χ1) is 13.4. The van der Waals surface area contributed by atoms with Gasteiger partial charge in [0.25, 0.3) is 11.8 Å². The van der Waals surface area contributed by atoms with Gasteiger partial charge in [-0.25, -0.2) is 5.43 Å². The quantitative estimate of drug-likeness (QED) is 0.515. The Bertz CT molecular complexity index is 1040. The summed E-state index contributed by atoms with van der Waals surface area (Å²) in [6.45, 7) is 5.74. The predicted molar refractivity (Wildman–Crippen MR) is 109 cm³/mol. The Labute approximate surface area is 163 Å². The predicted octanol–water partition coefficient (Wildman–Crippen LogP) is 4.30. The molecule has 0 aliphatic carbocycles. The van der Waals surface area contributed by atoms with Gasteiger partial charge in [0.1, 0.15) is 0 Å². The molecule has 3 aromatic rings. The second kappa shape index (κ2) is 8.35. The van der Waals surface area contributed by atoms with Crippen LogP contribution in [-0.4, -0.2) is 17.5 Å². The number of anilines is 1. The highest BCUT2D eigenvalue weighted by Gasteiger charge is 2.10. The number of benzene rings is 2. The maximum atomic E-state index is 12.3. The number of aryl methyl sites for hydroxylation is 2. The van der Waals surface area contributed by atoms with Crippen LogP contribution >= 0.6 is 0 Å². The van der Waals surface area contributed by atoms with Gasteiger partial charge in [0.2, 0.25) is 0 Å². The number of carbonyl (C=O) groups is 2. The Kier molecular flexibility index (Phi) is 5.69. The van der Waals surface area contributed by atoms with Crippen LogP contribution in [0.2, 0.25) is 0 Å². The Balaban J connectivity index is 1.69. The van der Waals surface area contributed by atoms with Crippen LogP contribution in [0.3, 0.4) is 0 Å². The van der Waals surface area contributed by atoms with Crippen LogP contribution in [0.5, 0.6) is 0 Å². The molecule has 6 heteroatoms. The van der Waals surface area contributed by atoms with E-state index >= 15 is 0 Å². The number of amides is 2. The van der Waals surface area contributed by atoms with Crippen LogP contribution in [-0.2, 0) is 0 Å². The molecule has 0 aliphatic rings. The minimum Gasteiger partial charge on any atom is -0.459 e. The summed E-state index contributed by atoms with van der Waals surface area (Å²) in [5.74, 6) is -0.374. The molecular formula is C22H21N3O3. The number of hydrogen-bond donors (Lipinski definition) is 2. The lowest BCUT2D eigenvalue weighted by Crippen LogP contribution is -2.19. The highest BCUT2D eigenvalue weighted by molar-refractivity contribution is 6.04. The van der Waals surface area contributed by atoms with Gasteiger partial charge in [0.05, 0.1) is 12.0 Å². The molecule has 2 N–H and O–H groups in total. The summed E-state index contributed by atoms with van der Waals surface area (Å²) in [4.78, 5) is 24.4. The topological polar surface area (TPSA) is 83.7 Å². The molecule has 1 aromatic heterocycles. The van der Waals surface area contributed by atoms with Crippen molar-refractivity contribution in [3.05, 3.63) is 88.9 Å². The minimum absolute atomic E-state index is 0.233. The van der Waals surface area contributed by atoms with E-state index in [-0.39, 0.29) is 17.6 Å². The first-order valence-electron chi connectivity index (χ1n) is 8.81. The lowest BCUT2D eigenvalue weighted by Gasteiger charge is -2.07. The van der Waals surface area contributed by atoms with Crippen molar-refractivity contribution >= 4 is 23.2 Å². The average molecular weight is 375 g/mol. The van der Waals surface area contributed by atoms with Crippen molar-refractivity contribution in [1.82, 2.24) is 5.43 Å². The minimum atomic E-state index is -0.334. The van der Waals surface area contributed by atoms with Crippen molar-refractivity contribution in [2.45, 2.75) is 20.8 Å². The molecule has 6 nitrogen and oxygen atoms in total. The van der Waals surface area contributed by atoms with Crippen molar-refractivity contribution in [3.63, 3.8) is 0 Å². The van der Waals surface area contributed by atoms with E-state index in [0.29, 0.717) is 17.0 Å². The third-order valence-electron chi connectivity index (χ3n) is 4.38. The summed E-state index contributed by atoms with van der Waals surface area (Å²) < 4.78 is 5.08. The maximum absolute atomic E-state index is 12.3. The molecule has 0 aliphatic heterocycles. The van der Waals surface area contributed by atoms with Gasteiger partial charge in [0.15, 0.2) is 5.76 Å². The van der Waals surface area contributed by atoms with Crippen LogP contribution < -0.4 is 10.7 Å². The number of hydrogen-bond acceptors (Lipinski definition) is 4. The number of nitrogens with one attached hydrogen (secondary N) is 2. The number of nitrogens with zero attached hydrogens (tertiary/aromatic N) is 1. The highest BCUT2D eigenvalue weighted by Crippen LogP contribution is 2.14. The largest absolute Gasteiger partial charge is 0.459 e. The zero-order chi connectivity index (χ0) is 20.1. The number of carbonyl (C=O) groups excluding carboxylic acids is 2. The maximum Gasteiger partial charge on any atom is 0.291 e. The lowest BCUT2D eigenvalue weighted by molar-refractivity contribution is 0.0953. The lowest BCUT2D eigenvalue weighted by atomic mass is 10.1. The third kappa shape index (κ3) is 4.54. The van der Waals surface area contributed by atoms with E-state index in [1.54, 1.807) is 43.3 Å². The molecule has 28 heavy (non-hydrogen) atoms. The van der Waals surface area contributed by atoms with Crippen LogP contribution in [0.4, 0.5) is 5.69 Å². The molecule has 0 saturated heterocycles. The van der Waals surface area contributed by atoms with Gasteiger partial charge in [-0.3, -0.25) is 9.59 Å². The monoisotopic (exact) mass is 375 g/mol. The summed E-state index contributed by atoms with van der Waals surface area (Å²) in [7, 11) is 0. The Hall–Kier alpha value is -3.67. The fourth-order valence-corrected chi connectivity index (χ4v) is 2.57. The van der Waals surface area contributed by atoms with Gasteiger partial charge in [-0.05, 0) is 73.9 Å². The van der Waals surface area contributed by atoms with E-state index in [4.69, 9.17) is 4.42 Å². The zero-order valence-electron chi connectivity index (χ0n) is 15.9. The summed E-state index contributed by atoms with van der Waals surface area (Å²) in [5, 5.41) is 6.95. The van der Waals surface area contributed by atoms with Crippen LogP contribution in [0.25, 0.3) is 0 Å². The molecule has 142 valence electrons. The summed E-state index contributed by atoms with van der Waals surface area (Å²) in [6, 6.07) is 16.0. The molecule has 0 atom stereocenters.